The molecule has 8 nitrogen and oxygen atoms in total. The number of aliphatic hydroxyl groups is 2. The number of aliphatic hydroxyl groups excluding tert-OH is 1. The van der Waals surface area contributed by atoms with Gasteiger partial charge < -0.3 is 20.1 Å². The van der Waals surface area contributed by atoms with E-state index in [2.05, 4.69) is 5.32 Å². The number of rotatable bonds is 6. The third-order valence-corrected chi connectivity index (χ3v) is 2.80. The molecular weight excluding hydrogens is 266 g/mol. The first-order valence-electron chi connectivity index (χ1n) is 6.15. The van der Waals surface area contributed by atoms with Crippen molar-refractivity contribution in [1.82, 2.24) is 9.88 Å². The van der Waals surface area contributed by atoms with Gasteiger partial charge in [0.25, 0.3) is 11.6 Å². The van der Waals surface area contributed by atoms with Gasteiger partial charge in [-0.1, -0.05) is 0 Å². The van der Waals surface area contributed by atoms with Crippen LogP contribution in [0.3, 0.4) is 0 Å². The van der Waals surface area contributed by atoms with Crippen molar-refractivity contribution in [3.63, 3.8) is 0 Å². The summed E-state index contributed by atoms with van der Waals surface area (Å²) in [5.41, 5.74) is -1.46. The lowest BCUT2D eigenvalue weighted by molar-refractivity contribution is -0.384. The number of nitrogens with zero attached hydrogens (tertiary/aromatic N) is 2. The van der Waals surface area contributed by atoms with E-state index in [1.54, 1.807) is 13.8 Å². The lowest BCUT2D eigenvalue weighted by atomic mass is 10.1. The summed E-state index contributed by atoms with van der Waals surface area (Å²) in [5, 5.41) is 31.7. The van der Waals surface area contributed by atoms with Crippen molar-refractivity contribution >= 4 is 11.6 Å². The molecule has 0 aliphatic rings. The van der Waals surface area contributed by atoms with Gasteiger partial charge in [-0.05, 0) is 20.8 Å². The van der Waals surface area contributed by atoms with Crippen LogP contribution in [-0.2, 0) is 0 Å². The highest BCUT2D eigenvalue weighted by atomic mass is 16.6. The molecule has 0 aliphatic heterocycles. The van der Waals surface area contributed by atoms with Gasteiger partial charge in [-0.2, -0.15) is 0 Å². The fraction of sp³-hybridized carbons (Fsp3) is 0.583. The van der Waals surface area contributed by atoms with Gasteiger partial charge in [-0.3, -0.25) is 14.9 Å². The van der Waals surface area contributed by atoms with Crippen molar-refractivity contribution in [2.24, 2.45) is 0 Å². The van der Waals surface area contributed by atoms with E-state index in [4.69, 9.17) is 5.11 Å². The van der Waals surface area contributed by atoms with Crippen molar-refractivity contribution < 1.29 is 19.9 Å². The number of carbonyl (C=O) groups is 1. The fourth-order valence-electron chi connectivity index (χ4n) is 1.59. The van der Waals surface area contributed by atoms with Crippen LogP contribution < -0.4 is 5.32 Å². The number of carbonyl (C=O) groups excluding carboxylic acids is 1. The van der Waals surface area contributed by atoms with Crippen molar-refractivity contribution in [1.29, 1.82) is 0 Å². The highest BCUT2D eigenvalue weighted by Crippen LogP contribution is 2.20. The Morgan fingerprint density at radius 1 is 1.60 bits per heavy atom. The predicted octanol–water partition coefficient (Wildman–Crippen LogP) is 0.450. The molecule has 1 aromatic heterocycles. The lowest BCUT2D eigenvalue weighted by Crippen LogP contribution is -2.43. The van der Waals surface area contributed by atoms with E-state index in [0.717, 1.165) is 0 Å². The Kier molecular flexibility index (Phi) is 4.85. The quantitative estimate of drug-likeness (QED) is 0.518. The van der Waals surface area contributed by atoms with E-state index in [9.17, 15) is 20.0 Å². The zero-order valence-corrected chi connectivity index (χ0v) is 11.7. The maximum Gasteiger partial charge on any atom is 0.287 e. The molecule has 20 heavy (non-hydrogen) atoms. The zero-order valence-electron chi connectivity index (χ0n) is 11.7. The number of hydrogen-bond donors (Lipinski definition) is 3. The molecule has 1 rings (SSSR count). The summed E-state index contributed by atoms with van der Waals surface area (Å²) in [6.45, 7) is 4.31. The van der Waals surface area contributed by atoms with Crippen molar-refractivity contribution in [3.8, 4) is 0 Å². The standard InChI is InChI=1S/C12H19N3O5/c1-8(2)14-5-9(15(19)20)4-10(14)11(17)13-6-12(3,18)7-16/h4-5,8,16,18H,6-7H2,1-3H3,(H,13,17). The maximum atomic E-state index is 12.0. The Hall–Kier alpha value is -1.93. The minimum atomic E-state index is -1.43. The molecule has 1 amide bonds. The van der Waals surface area contributed by atoms with Crippen LogP contribution in [-0.4, -0.2) is 44.4 Å². The third kappa shape index (κ3) is 3.78. The molecular formula is C12H19N3O5. The molecule has 0 saturated carbocycles. The minimum absolute atomic E-state index is 0.122. The second kappa shape index (κ2) is 6.02. The van der Waals surface area contributed by atoms with E-state index in [1.165, 1.54) is 23.8 Å². The summed E-state index contributed by atoms with van der Waals surface area (Å²) in [6, 6.07) is 1.06. The monoisotopic (exact) mass is 285 g/mol. The van der Waals surface area contributed by atoms with Gasteiger partial charge in [0, 0.05) is 18.7 Å². The van der Waals surface area contributed by atoms with E-state index < -0.39 is 23.0 Å². The Morgan fingerprint density at radius 2 is 2.20 bits per heavy atom. The summed E-state index contributed by atoms with van der Waals surface area (Å²) >= 11 is 0. The topological polar surface area (TPSA) is 118 Å². The molecule has 1 atom stereocenters. The molecule has 0 aliphatic carbocycles. The molecule has 0 fully saturated rings. The van der Waals surface area contributed by atoms with Gasteiger partial charge >= 0.3 is 0 Å². The van der Waals surface area contributed by atoms with Crippen LogP contribution in [0.1, 0.15) is 37.3 Å². The predicted molar refractivity (Wildman–Crippen MR) is 71.5 cm³/mol. The summed E-state index contributed by atoms with van der Waals surface area (Å²) in [4.78, 5) is 22.2. The Bertz CT molecular complexity index is 507. The van der Waals surface area contributed by atoms with Gasteiger partial charge in [0.1, 0.15) is 11.3 Å². The van der Waals surface area contributed by atoms with Crippen LogP contribution in [0.2, 0.25) is 0 Å². The SMILES string of the molecule is CC(C)n1cc([N+](=O)[O-])cc1C(=O)NCC(C)(O)CO. The number of amides is 1. The van der Waals surface area contributed by atoms with Gasteiger partial charge in [0.2, 0.25) is 0 Å². The van der Waals surface area contributed by atoms with Crippen LogP contribution in [0.25, 0.3) is 0 Å². The Labute approximate surface area is 116 Å². The average molecular weight is 285 g/mol. The molecule has 1 heterocycles. The van der Waals surface area contributed by atoms with Crippen LogP contribution in [0.5, 0.6) is 0 Å². The van der Waals surface area contributed by atoms with E-state index in [1.807, 2.05) is 0 Å². The Morgan fingerprint density at radius 3 is 2.65 bits per heavy atom. The maximum absolute atomic E-state index is 12.0. The highest BCUT2D eigenvalue weighted by molar-refractivity contribution is 5.93. The largest absolute Gasteiger partial charge is 0.393 e. The second-order valence-corrected chi connectivity index (χ2v) is 5.18. The summed E-state index contributed by atoms with van der Waals surface area (Å²) < 4.78 is 1.49. The molecule has 0 aromatic carbocycles. The van der Waals surface area contributed by atoms with Gasteiger partial charge in [0.05, 0.1) is 17.7 Å². The number of nitrogens with one attached hydrogen (secondary N) is 1. The molecule has 3 N–H and O–H groups in total. The smallest absolute Gasteiger partial charge is 0.287 e. The normalized spacial score (nSPS) is 14.1. The second-order valence-electron chi connectivity index (χ2n) is 5.18. The van der Waals surface area contributed by atoms with E-state index >= 15 is 0 Å². The highest BCUT2D eigenvalue weighted by Gasteiger charge is 2.24. The van der Waals surface area contributed by atoms with Gasteiger partial charge in [-0.25, -0.2) is 0 Å². The van der Waals surface area contributed by atoms with Crippen molar-refractivity contribution in [3.05, 3.63) is 28.1 Å². The van der Waals surface area contributed by atoms with Crippen LogP contribution in [0.4, 0.5) is 5.69 Å². The molecule has 0 saturated heterocycles. The van der Waals surface area contributed by atoms with Gasteiger partial charge in [-0.15, -0.1) is 0 Å². The van der Waals surface area contributed by atoms with Gasteiger partial charge in [0.15, 0.2) is 0 Å². The van der Waals surface area contributed by atoms with E-state index in [0.29, 0.717) is 0 Å². The molecule has 0 radical (unpaired) electrons. The number of aromatic nitrogens is 1. The van der Waals surface area contributed by atoms with Crippen molar-refractivity contribution in [2.75, 3.05) is 13.2 Å². The summed E-state index contributed by atoms with van der Waals surface area (Å²) in [6.07, 6.45) is 1.30. The van der Waals surface area contributed by atoms with Crippen LogP contribution >= 0.6 is 0 Å². The fourth-order valence-corrected chi connectivity index (χ4v) is 1.59. The lowest BCUT2D eigenvalue weighted by Gasteiger charge is -2.21. The average Bonchev–Trinajstić information content (AvgIpc) is 2.81. The Balaban J connectivity index is 2.94. The summed E-state index contributed by atoms with van der Waals surface area (Å²) in [7, 11) is 0. The first kappa shape index (κ1) is 16.1. The molecule has 0 bridgehead atoms. The van der Waals surface area contributed by atoms with Crippen LogP contribution in [0, 0.1) is 10.1 Å². The molecule has 8 heteroatoms. The number of nitro groups is 1. The molecule has 1 aromatic rings. The minimum Gasteiger partial charge on any atom is -0.393 e. The zero-order chi connectivity index (χ0) is 15.5. The summed E-state index contributed by atoms with van der Waals surface area (Å²) in [5.74, 6) is -0.541. The molecule has 112 valence electrons. The van der Waals surface area contributed by atoms with Crippen LogP contribution in [0.15, 0.2) is 12.3 Å². The van der Waals surface area contributed by atoms with Crippen molar-refractivity contribution in [2.45, 2.75) is 32.4 Å². The first-order valence-corrected chi connectivity index (χ1v) is 6.15. The molecule has 1 unspecified atom stereocenters. The number of hydrogen-bond acceptors (Lipinski definition) is 5. The molecule has 0 spiro atoms. The first-order chi connectivity index (χ1) is 9.18. The third-order valence-electron chi connectivity index (χ3n) is 2.80. The van der Waals surface area contributed by atoms with E-state index in [-0.39, 0.29) is 24.0 Å².